The summed E-state index contributed by atoms with van der Waals surface area (Å²) < 4.78 is 1.40. The van der Waals surface area contributed by atoms with Gasteiger partial charge in [0.2, 0.25) is 0 Å². The van der Waals surface area contributed by atoms with Crippen LogP contribution in [-0.2, 0) is 0 Å². The summed E-state index contributed by atoms with van der Waals surface area (Å²) in [5, 5.41) is 19.7. The maximum absolute atomic E-state index is 5.95. The summed E-state index contributed by atoms with van der Waals surface area (Å²) in [5.41, 5.74) is 1.78. The molecule has 2 heterocycles. The molecule has 6 nitrogen and oxygen atoms in total. The number of benzene rings is 1. The Morgan fingerprint density at radius 1 is 1.10 bits per heavy atom. The minimum Gasteiger partial charge on any atom is -0.362 e. The van der Waals surface area contributed by atoms with E-state index in [2.05, 4.69) is 39.8 Å². The van der Waals surface area contributed by atoms with Crippen LogP contribution in [0.25, 0.3) is 5.65 Å². The first-order valence-electron chi connectivity index (χ1n) is 6.71. The van der Waals surface area contributed by atoms with E-state index in [1.807, 2.05) is 36.4 Å². The van der Waals surface area contributed by atoms with E-state index in [0.717, 1.165) is 16.4 Å². The third kappa shape index (κ3) is 2.95. The fraction of sp³-hybridized carbons (Fsp3) is 0.286. The Bertz CT molecular complexity index is 737. The smallest absolute Gasteiger partial charge is 0.200 e. The van der Waals surface area contributed by atoms with Gasteiger partial charge in [-0.1, -0.05) is 37.6 Å². The molecule has 3 rings (SSSR count). The second-order valence-electron chi connectivity index (χ2n) is 5.16. The van der Waals surface area contributed by atoms with E-state index in [-0.39, 0.29) is 6.04 Å². The summed E-state index contributed by atoms with van der Waals surface area (Å²) in [6.07, 6.45) is 0. The van der Waals surface area contributed by atoms with Crippen molar-refractivity contribution in [2.45, 2.75) is 19.9 Å². The first-order valence-corrected chi connectivity index (χ1v) is 7.09. The Morgan fingerprint density at radius 2 is 1.86 bits per heavy atom. The Kier molecular flexibility index (Phi) is 3.70. The van der Waals surface area contributed by atoms with Gasteiger partial charge in [0.05, 0.1) is 6.04 Å². The van der Waals surface area contributed by atoms with Gasteiger partial charge in [-0.05, 0) is 46.2 Å². The molecule has 21 heavy (non-hydrogen) atoms. The molecule has 0 amide bonds. The van der Waals surface area contributed by atoms with Crippen LogP contribution in [-0.4, -0.2) is 25.3 Å². The summed E-state index contributed by atoms with van der Waals surface area (Å²) in [5.74, 6) is 1.11. The van der Waals surface area contributed by atoms with Gasteiger partial charge in [-0.3, -0.25) is 0 Å². The molecule has 0 radical (unpaired) electrons. The van der Waals surface area contributed by atoms with Crippen molar-refractivity contribution in [1.29, 1.82) is 0 Å². The zero-order chi connectivity index (χ0) is 14.8. The van der Waals surface area contributed by atoms with Crippen LogP contribution < -0.4 is 5.32 Å². The zero-order valence-electron chi connectivity index (χ0n) is 11.7. The van der Waals surface area contributed by atoms with Gasteiger partial charge in [-0.25, -0.2) is 0 Å². The van der Waals surface area contributed by atoms with Crippen LogP contribution in [0.2, 0.25) is 5.02 Å². The normalized spacial score (nSPS) is 12.8. The average Bonchev–Trinajstić information content (AvgIpc) is 2.93. The maximum Gasteiger partial charge on any atom is 0.200 e. The van der Waals surface area contributed by atoms with Crippen LogP contribution in [0.5, 0.6) is 0 Å². The molecule has 0 saturated carbocycles. The molecule has 108 valence electrons. The molecule has 1 N–H and O–H groups in total. The van der Waals surface area contributed by atoms with Crippen molar-refractivity contribution >= 4 is 23.1 Å². The number of anilines is 1. The largest absolute Gasteiger partial charge is 0.362 e. The van der Waals surface area contributed by atoms with Gasteiger partial charge in [0.25, 0.3) is 0 Å². The molecule has 7 heteroatoms. The van der Waals surface area contributed by atoms with Crippen molar-refractivity contribution in [1.82, 2.24) is 25.3 Å². The lowest BCUT2D eigenvalue weighted by Gasteiger charge is -2.23. The second-order valence-corrected chi connectivity index (χ2v) is 5.60. The Hall–Kier alpha value is -2.21. The van der Waals surface area contributed by atoms with Crippen LogP contribution >= 0.6 is 11.6 Å². The van der Waals surface area contributed by atoms with Crippen molar-refractivity contribution in [3.63, 3.8) is 0 Å². The number of tetrazole rings is 1. The third-order valence-corrected chi connectivity index (χ3v) is 3.52. The van der Waals surface area contributed by atoms with E-state index in [1.54, 1.807) is 0 Å². The van der Waals surface area contributed by atoms with E-state index in [9.17, 15) is 0 Å². The molecule has 0 saturated heterocycles. The number of fused-ring (bicyclic) bond motifs is 1. The van der Waals surface area contributed by atoms with Gasteiger partial charge in [0.1, 0.15) is 5.82 Å². The van der Waals surface area contributed by atoms with E-state index in [0.29, 0.717) is 11.6 Å². The van der Waals surface area contributed by atoms with Crippen molar-refractivity contribution in [3.8, 4) is 0 Å². The number of hydrogen-bond acceptors (Lipinski definition) is 5. The molecule has 0 aliphatic heterocycles. The highest BCUT2D eigenvalue weighted by Crippen LogP contribution is 2.26. The first kappa shape index (κ1) is 13.8. The minimum absolute atomic E-state index is 0.128. The number of rotatable bonds is 4. The van der Waals surface area contributed by atoms with Gasteiger partial charge in [-0.15, -0.1) is 14.8 Å². The molecular weight excluding hydrogens is 288 g/mol. The number of halogens is 1. The van der Waals surface area contributed by atoms with Crippen LogP contribution in [0, 0.1) is 5.92 Å². The van der Waals surface area contributed by atoms with Gasteiger partial charge in [0, 0.05) is 5.02 Å². The number of aromatic nitrogens is 5. The average molecular weight is 303 g/mol. The fourth-order valence-corrected chi connectivity index (χ4v) is 2.32. The maximum atomic E-state index is 5.95. The lowest BCUT2D eigenvalue weighted by atomic mass is 9.96. The second kappa shape index (κ2) is 5.65. The van der Waals surface area contributed by atoms with Gasteiger partial charge < -0.3 is 5.32 Å². The number of nitrogens with one attached hydrogen (secondary N) is 1. The number of nitrogens with zero attached hydrogens (tertiary/aromatic N) is 5. The molecule has 1 unspecified atom stereocenters. The van der Waals surface area contributed by atoms with Gasteiger partial charge >= 0.3 is 0 Å². The summed E-state index contributed by atoms with van der Waals surface area (Å²) in [4.78, 5) is 0. The molecule has 1 aromatic carbocycles. The fourth-order valence-electron chi connectivity index (χ4n) is 2.19. The zero-order valence-corrected chi connectivity index (χ0v) is 12.5. The Balaban J connectivity index is 1.89. The minimum atomic E-state index is 0.128. The van der Waals surface area contributed by atoms with E-state index >= 15 is 0 Å². The molecule has 0 aliphatic carbocycles. The first-order chi connectivity index (χ1) is 10.1. The number of hydrogen-bond donors (Lipinski definition) is 1. The van der Waals surface area contributed by atoms with E-state index in [1.165, 1.54) is 4.63 Å². The Labute approximate surface area is 127 Å². The lowest BCUT2D eigenvalue weighted by Crippen LogP contribution is -2.18. The van der Waals surface area contributed by atoms with Crippen molar-refractivity contribution in [3.05, 3.63) is 47.0 Å². The van der Waals surface area contributed by atoms with Crippen LogP contribution in [0.3, 0.4) is 0 Å². The highest BCUT2D eigenvalue weighted by molar-refractivity contribution is 6.30. The molecule has 0 aliphatic rings. The van der Waals surface area contributed by atoms with Crippen LogP contribution in [0.15, 0.2) is 36.4 Å². The molecule has 3 aromatic rings. The lowest BCUT2D eigenvalue weighted by molar-refractivity contribution is 0.542. The predicted octanol–water partition coefficient (Wildman–Crippen LogP) is 2.98. The van der Waals surface area contributed by atoms with E-state index in [4.69, 9.17) is 11.6 Å². The SMILES string of the molecule is CC(C)C(Nc1ccc2nnnn2n1)c1ccc(Cl)cc1. The monoisotopic (exact) mass is 302 g/mol. The van der Waals surface area contributed by atoms with Crippen LogP contribution in [0.4, 0.5) is 5.82 Å². The quantitative estimate of drug-likeness (QED) is 0.802. The molecule has 0 fully saturated rings. The van der Waals surface area contributed by atoms with Gasteiger partial charge in [-0.2, -0.15) is 0 Å². The highest BCUT2D eigenvalue weighted by Gasteiger charge is 2.16. The van der Waals surface area contributed by atoms with Gasteiger partial charge in [0.15, 0.2) is 5.65 Å². The summed E-state index contributed by atoms with van der Waals surface area (Å²) >= 11 is 5.95. The summed E-state index contributed by atoms with van der Waals surface area (Å²) in [6.45, 7) is 4.31. The summed E-state index contributed by atoms with van der Waals surface area (Å²) in [7, 11) is 0. The molecular formula is C14H15ClN6. The molecule has 1 atom stereocenters. The molecule has 0 spiro atoms. The Morgan fingerprint density at radius 3 is 2.57 bits per heavy atom. The van der Waals surface area contributed by atoms with Crippen molar-refractivity contribution < 1.29 is 0 Å². The highest BCUT2D eigenvalue weighted by atomic mass is 35.5. The topological polar surface area (TPSA) is 68.0 Å². The summed E-state index contributed by atoms with van der Waals surface area (Å²) in [6, 6.07) is 11.7. The molecule has 0 bridgehead atoms. The van der Waals surface area contributed by atoms with Crippen LogP contribution in [0.1, 0.15) is 25.5 Å². The third-order valence-electron chi connectivity index (χ3n) is 3.27. The van der Waals surface area contributed by atoms with Crippen molar-refractivity contribution in [2.24, 2.45) is 5.92 Å². The van der Waals surface area contributed by atoms with E-state index < -0.39 is 0 Å². The molecule has 2 aromatic heterocycles. The predicted molar refractivity (Wildman–Crippen MR) is 81.2 cm³/mol. The van der Waals surface area contributed by atoms with Crippen molar-refractivity contribution in [2.75, 3.05) is 5.32 Å². The standard InChI is InChI=1S/C14H15ClN6/c1-9(2)14(10-3-5-11(15)6-4-10)16-12-7-8-13-17-19-20-21(13)18-12/h3-9,14H,1-2H3,(H,16,18).